The SMILES string of the molecule is CN1CCCC1c1c(Cl)cccc1Cl. The zero-order valence-electron chi connectivity index (χ0n) is 8.13. The van der Waals surface area contributed by atoms with Crippen LogP contribution in [-0.4, -0.2) is 18.5 Å². The lowest BCUT2D eigenvalue weighted by Gasteiger charge is -2.21. The molecule has 1 saturated heterocycles. The maximum atomic E-state index is 6.16. The molecule has 1 fully saturated rings. The third-order valence-electron chi connectivity index (χ3n) is 2.85. The zero-order valence-corrected chi connectivity index (χ0v) is 9.65. The molecule has 0 spiro atoms. The minimum Gasteiger partial charge on any atom is -0.299 e. The number of rotatable bonds is 1. The van der Waals surface area contributed by atoms with Crippen molar-refractivity contribution < 1.29 is 0 Å². The first-order chi connectivity index (χ1) is 6.70. The minimum atomic E-state index is 0.399. The molecule has 0 saturated carbocycles. The van der Waals surface area contributed by atoms with E-state index in [0.717, 1.165) is 28.6 Å². The lowest BCUT2D eigenvalue weighted by molar-refractivity contribution is 0.317. The van der Waals surface area contributed by atoms with Crippen LogP contribution < -0.4 is 0 Å². The first kappa shape index (κ1) is 10.3. The minimum absolute atomic E-state index is 0.399. The van der Waals surface area contributed by atoms with Crippen molar-refractivity contribution in [3.8, 4) is 0 Å². The Balaban J connectivity index is 2.39. The van der Waals surface area contributed by atoms with Crippen molar-refractivity contribution in [2.45, 2.75) is 18.9 Å². The Labute approximate surface area is 94.6 Å². The summed E-state index contributed by atoms with van der Waals surface area (Å²) >= 11 is 12.3. The lowest BCUT2D eigenvalue weighted by Crippen LogP contribution is -2.18. The Morgan fingerprint density at radius 3 is 2.43 bits per heavy atom. The molecule has 0 radical (unpaired) electrons. The van der Waals surface area contributed by atoms with Gasteiger partial charge in [0.1, 0.15) is 0 Å². The summed E-state index contributed by atoms with van der Waals surface area (Å²) in [6.45, 7) is 1.13. The Bertz CT molecular complexity index is 318. The number of nitrogens with zero attached hydrogens (tertiary/aromatic N) is 1. The number of likely N-dealkylation sites (tertiary alicyclic amines) is 1. The van der Waals surface area contributed by atoms with Crippen molar-refractivity contribution in [1.29, 1.82) is 0 Å². The van der Waals surface area contributed by atoms with Gasteiger partial charge in [-0.25, -0.2) is 0 Å². The van der Waals surface area contributed by atoms with Crippen molar-refractivity contribution in [3.05, 3.63) is 33.8 Å². The predicted molar refractivity (Wildman–Crippen MR) is 61.1 cm³/mol. The van der Waals surface area contributed by atoms with Gasteiger partial charge >= 0.3 is 0 Å². The smallest absolute Gasteiger partial charge is 0.0468 e. The zero-order chi connectivity index (χ0) is 10.1. The third-order valence-corrected chi connectivity index (χ3v) is 3.51. The van der Waals surface area contributed by atoms with Crippen LogP contribution in [0.1, 0.15) is 24.4 Å². The van der Waals surface area contributed by atoms with Crippen LogP contribution >= 0.6 is 23.2 Å². The van der Waals surface area contributed by atoms with Crippen LogP contribution in [0.25, 0.3) is 0 Å². The number of hydrogen-bond acceptors (Lipinski definition) is 1. The van der Waals surface area contributed by atoms with Crippen molar-refractivity contribution >= 4 is 23.2 Å². The summed E-state index contributed by atoms with van der Waals surface area (Å²) in [5, 5.41) is 1.58. The van der Waals surface area contributed by atoms with Crippen molar-refractivity contribution in [1.82, 2.24) is 4.90 Å². The third kappa shape index (κ3) is 1.77. The highest BCUT2D eigenvalue weighted by Gasteiger charge is 2.26. The highest BCUT2D eigenvalue weighted by molar-refractivity contribution is 6.36. The van der Waals surface area contributed by atoms with E-state index in [1.54, 1.807) is 0 Å². The molecule has 1 unspecified atom stereocenters. The summed E-state index contributed by atoms with van der Waals surface area (Å²) in [5.74, 6) is 0. The molecule has 14 heavy (non-hydrogen) atoms. The quantitative estimate of drug-likeness (QED) is 0.709. The molecule has 0 aromatic heterocycles. The van der Waals surface area contributed by atoms with Gasteiger partial charge in [0.15, 0.2) is 0 Å². The molecule has 1 heterocycles. The van der Waals surface area contributed by atoms with Crippen LogP contribution in [0.4, 0.5) is 0 Å². The molecular weight excluding hydrogens is 217 g/mol. The van der Waals surface area contributed by atoms with E-state index in [4.69, 9.17) is 23.2 Å². The van der Waals surface area contributed by atoms with Gasteiger partial charge in [0.05, 0.1) is 0 Å². The van der Waals surface area contributed by atoms with Gasteiger partial charge in [0.2, 0.25) is 0 Å². The van der Waals surface area contributed by atoms with Crippen LogP contribution in [0.2, 0.25) is 10.0 Å². The molecule has 76 valence electrons. The molecule has 1 aromatic carbocycles. The molecule has 0 N–H and O–H groups in total. The molecule has 0 aliphatic carbocycles. The van der Waals surface area contributed by atoms with Gasteiger partial charge in [-0.15, -0.1) is 0 Å². The second kappa shape index (κ2) is 4.09. The number of halogens is 2. The fourth-order valence-corrected chi connectivity index (χ4v) is 2.75. The van der Waals surface area contributed by atoms with Gasteiger partial charge in [-0.2, -0.15) is 0 Å². The van der Waals surface area contributed by atoms with E-state index >= 15 is 0 Å². The largest absolute Gasteiger partial charge is 0.299 e. The van der Waals surface area contributed by atoms with Crippen LogP contribution in [0.5, 0.6) is 0 Å². The summed E-state index contributed by atoms with van der Waals surface area (Å²) in [6.07, 6.45) is 2.38. The first-order valence-corrected chi connectivity index (χ1v) is 5.60. The fraction of sp³-hybridized carbons (Fsp3) is 0.455. The summed E-state index contributed by atoms with van der Waals surface area (Å²) in [5.41, 5.74) is 1.09. The Hall–Kier alpha value is -0.240. The standard InChI is InChI=1S/C11H13Cl2N/c1-14-7-3-6-10(14)11-8(12)4-2-5-9(11)13/h2,4-5,10H,3,6-7H2,1H3. The highest BCUT2D eigenvalue weighted by Crippen LogP contribution is 2.38. The highest BCUT2D eigenvalue weighted by atomic mass is 35.5. The maximum absolute atomic E-state index is 6.16. The van der Waals surface area contributed by atoms with E-state index in [0.29, 0.717) is 6.04 Å². The lowest BCUT2D eigenvalue weighted by atomic mass is 10.0. The Morgan fingerprint density at radius 2 is 1.93 bits per heavy atom. The molecule has 2 rings (SSSR count). The molecule has 0 bridgehead atoms. The van der Waals surface area contributed by atoms with Gasteiger partial charge in [-0.3, -0.25) is 4.90 Å². The van der Waals surface area contributed by atoms with Crippen molar-refractivity contribution in [2.75, 3.05) is 13.6 Å². The number of benzene rings is 1. The van der Waals surface area contributed by atoms with E-state index in [9.17, 15) is 0 Å². The Kier molecular flexibility index (Phi) is 3.01. The maximum Gasteiger partial charge on any atom is 0.0468 e. The van der Waals surface area contributed by atoms with Crippen molar-refractivity contribution in [3.63, 3.8) is 0 Å². The Morgan fingerprint density at radius 1 is 1.29 bits per heavy atom. The molecule has 1 nitrogen and oxygen atoms in total. The molecule has 1 aliphatic rings. The van der Waals surface area contributed by atoms with Gasteiger partial charge in [-0.05, 0) is 38.6 Å². The van der Waals surface area contributed by atoms with E-state index in [1.165, 1.54) is 6.42 Å². The summed E-state index contributed by atoms with van der Waals surface area (Å²) in [4.78, 5) is 2.31. The van der Waals surface area contributed by atoms with Crippen LogP contribution in [0.15, 0.2) is 18.2 Å². The van der Waals surface area contributed by atoms with Crippen LogP contribution in [0, 0.1) is 0 Å². The average molecular weight is 230 g/mol. The van der Waals surface area contributed by atoms with Crippen LogP contribution in [-0.2, 0) is 0 Å². The number of hydrogen-bond donors (Lipinski definition) is 0. The van der Waals surface area contributed by atoms with Gasteiger partial charge in [0, 0.05) is 21.7 Å². The molecule has 0 amide bonds. The van der Waals surface area contributed by atoms with Crippen LogP contribution in [0.3, 0.4) is 0 Å². The summed E-state index contributed by atoms with van der Waals surface area (Å²) in [7, 11) is 2.12. The average Bonchev–Trinajstić information content (AvgIpc) is 2.52. The monoisotopic (exact) mass is 229 g/mol. The molecule has 1 aromatic rings. The van der Waals surface area contributed by atoms with E-state index in [2.05, 4.69) is 11.9 Å². The molecule has 1 atom stereocenters. The topological polar surface area (TPSA) is 3.24 Å². The first-order valence-electron chi connectivity index (χ1n) is 4.84. The van der Waals surface area contributed by atoms with E-state index < -0.39 is 0 Å². The normalized spacial score (nSPS) is 22.9. The second-order valence-corrected chi connectivity index (χ2v) is 4.59. The van der Waals surface area contributed by atoms with E-state index in [1.807, 2.05) is 18.2 Å². The summed E-state index contributed by atoms with van der Waals surface area (Å²) in [6, 6.07) is 6.11. The van der Waals surface area contributed by atoms with Crippen molar-refractivity contribution in [2.24, 2.45) is 0 Å². The fourth-order valence-electron chi connectivity index (χ4n) is 2.10. The molecular formula is C11H13Cl2N. The molecule has 1 aliphatic heterocycles. The van der Waals surface area contributed by atoms with Gasteiger partial charge in [-0.1, -0.05) is 29.3 Å². The second-order valence-electron chi connectivity index (χ2n) is 3.77. The summed E-state index contributed by atoms with van der Waals surface area (Å²) < 4.78 is 0. The van der Waals surface area contributed by atoms with E-state index in [-0.39, 0.29) is 0 Å². The molecule has 3 heteroatoms. The van der Waals surface area contributed by atoms with Gasteiger partial charge < -0.3 is 0 Å². The van der Waals surface area contributed by atoms with Gasteiger partial charge in [0.25, 0.3) is 0 Å². The predicted octanol–water partition coefficient (Wildman–Crippen LogP) is 3.76.